The van der Waals surface area contributed by atoms with Crippen molar-refractivity contribution in [3.05, 3.63) is 0 Å². The Bertz CT molecular complexity index is 338. The molecule has 0 bridgehead atoms. The van der Waals surface area contributed by atoms with E-state index in [1.807, 2.05) is 6.92 Å². The molecule has 1 saturated heterocycles. The molecule has 1 aliphatic rings. The Morgan fingerprint density at radius 1 is 1.42 bits per heavy atom. The first-order valence-corrected chi connectivity index (χ1v) is 6.72. The number of ether oxygens (including phenoxy) is 1. The molecule has 2 unspecified atom stereocenters. The van der Waals surface area contributed by atoms with E-state index >= 15 is 0 Å². The topological polar surface area (TPSA) is 78.9 Å². The van der Waals surface area contributed by atoms with Gasteiger partial charge in [-0.15, -0.1) is 0 Å². The molecule has 1 heterocycles. The first kappa shape index (κ1) is 15.8. The van der Waals surface area contributed by atoms with E-state index in [-0.39, 0.29) is 0 Å². The summed E-state index contributed by atoms with van der Waals surface area (Å²) in [5, 5.41) is 12.3. The van der Waals surface area contributed by atoms with E-state index in [1.165, 1.54) is 4.90 Å². The largest absolute Gasteiger partial charge is 0.481 e. The van der Waals surface area contributed by atoms with Crippen molar-refractivity contribution in [3.8, 4) is 0 Å². The van der Waals surface area contributed by atoms with Crippen molar-refractivity contribution < 1.29 is 19.4 Å². The van der Waals surface area contributed by atoms with Crippen LogP contribution in [0, 0.1) is 5.92 Å². The highest BCUT2D eigenvalue weighted by molar-refractivity contribution is 5.74. The Balaban J connectivity index is 2.83. The summed E-state index contributed by atoms with van der Waals surface area (Å²) in [5.41, 5.74) is -0.579. The second-order valence-electron chi connectivity index (χ2n) is 5.76. The van der Waals surface area contributed by atoms with E-state index in [9.17, 15) is 14.7 Å². The lowest BCUT2D eigenvalue weighted by molar-refractivity contribution is -0.146. The number of carbonyl (C=O) groups excluding carboxylic acids is 1. The van der Waals surface area contributed by atoms with Gasteiger partial charge in [-0.2, -0.15) is 0 Å². The Hall–Kier alpha value is -1.30. The molecule has 0 spiro atoms. The van der Waals surface area contributed by atoms with Crippen LogP contribution >= 0.6 is 0 Å². The molecular formula is C13H24N2O4. The molecule has 6 nitrogen and oxygen atoms in total. The van der Waals surface area contributed by atoms with Crippen LogP contribution in [0.2, 0.25) is 0 Å². The third-order valence-electron chi connectivity index (χ3n) is 2.99. The van der Waals surface area contributed by atoms with Gasteiger partial charge in [0.15, 0.2) is 0 Å². The van der Waals surface area contributed by atoms with Crippen LogP contribution in [0.4, 0.5) is 4.79 Å². The SMILES string of the molecule is CCNC1C(C(=O)O)CCCN1C(=O)OC(C)(C)C. The normalized spacial score (nSPS) is 24.1. The number of carboxylic acids is 1. The van der Waals surface area contributed by atoms with E-state index in [0.717, 1.165) is 0 Å². The molecule has 2 atom stereocenters. The molecule has 0 aromatic rings. The van der Waals surface area contributed by atoms with Crippen LogP contribution in [0.15, 0.2) is 0 Å². The van der Waals surface area contributed by atoms with Gasteiger partial charge in [0.25, 0.3) is 0 Å². The van der Waals surface area contributed by atoms with Crippen molar-refractivity contribution in [1.29, 1.82) is 0 Å². The minimum atomic E-state index is -0.876. The zero-order valence-electron chi connectivity index (χ0n) is 12.1. The lowest BCUT2D eigenvalue weighted by atomic mass is 9.94. The average molecular weight is 272 g/mol. The first-order chi connectivity index (χ1) is 8.76. The maximum absolute atomic E-state index is 12.1. The van der Waals surface area contributed by atoms with Crippen LogP contribution in [-0.2, 0) is 9.53 Å². The number of likely N-dealkylation sites (tertiary alicyclic amines) is 1. The van der Waals surface area contributed by atoms with E-state index in [2.05, 4.69) is 5.32 Å². The number of aliphatic carboxylic acids is 1. The predicted octanol–water partition coefficient (Wildman–Crippen LogP) is 1.65. The average Bonchev–Trinajstić information content (AvgIpc) is 2.26. The van der Waals surface area contributed by atoms with Gasteiger partial charge < -0.3 is 9.84 Å². The second-order valence-corrected chi connectivity index (χ2v) is 5.76. The molecule has 0 aromatic heterocycles. The Kier molecular flexibility index (Phi) is 5.17. The summed E-state index contributed by atoms with van der Waals surface area (Å²) in [6, 6.07) is 0. The smallest absolute Gasteiger partial charge is 0.411 e. The molecule has 110 valence electrons. The number of hydrogen-bond acceptors (Lipinski definition) is 4. The quantitative estimate of drug-likeness (QED) is 0.816. The Labute approximate surface area is 114 Å². The van der Waals surface area contributed by atoms with Crippen molar-refractivity contribution in [2.45, 2.75) is 52.3 Å². The van der Waals surface area contributed by atoms with Crippen LogP contribution in [-0.4, -0.2) is 46.9 Å². The molecule has 19 heavy (non-hydrogen) atoms. The molecule has 1 amide bonds. The molecule has 0 saturated carbocycles. The van der Waals surface area contributed by atoms with Crippen molar-refractivity contribution in [3.63, 3.8) is 0 Å². The molecular weight excluding hydrogens is 248 g/mol. The number of piperidine rings is 1. The summed E-state index contributed by atoms with van der Waals surface area (Å²) < 4.78 is 5.34. The van der Waals surface area contributed by atoms with Gasteiger partial charge in [0.2, 0.25) is 0 Å². The molecule has 2 N–H and O–H groups in total. The number of carbonyl (C=O) groups is 2. The minimum Gasteiger partial charge on any atom is -0.481 e. The van der Waals surface area contributed by atoms with E-state index < -0.39 is 29.7 Å². The van der Waals surface area contributed by atoms with E-state index in [1.54, 1.807) is 20.8 Å². The lowest BCUT2D eigenvalue weighted by Gasteiger charge is -2.40. The third kappa shape index (κ3) is 4.38. The number of nitrogens with one attached hydrogen (secondary N) is 1. The summed E-state index contributed by atoms with van der Waals surface area (Å²) in [5.74, 6) is -1.46. The van der Waals surface area contributed by atoms with E-state index in [4.69, 9.17) is 4.74 Å². The maximum Gasteiger partial charge on any atom is 0.411 e. The highest BCUT2D eigenvalue weighted by Crippen LogP contribution is 2.24. The number of rotatable bonds is 3. The third-order valence-corrected chi connectivity index (χ3v) is 2.99. The van der Waals surface area contributed by atoms with Gasteiger partial charge in [0.05, 0.1) is 12.1 Å². The van der Waals surface area contributed by atoms with Crippen LogP contribution in [0.25, 0.3) is 0 Å². The lowest BCUT2D eigenvalue weighted by Crippen LogP contribution is -2.58. The van der Waals surface area contributed by atoms with Crippen molar-refractivity contribution >= 4 is 12.1 Å². The molecule has 1 rings (SSSR count). The predicted molar refractivity (Wildman–Crippen MR) is 70.8 cm³/mol. The first-order valence-electron chi connectivity index (χ1n) is 6.72. The minimum absolute atomic E-state index is 0.454. The van der Waals surface area contributed by atoms with Gasteiger partial charge in [-0.05, 0) is 40.2 Å². The van der Waals surface area contributed by atoms with Gasteiger partial charge in [-0.3, -0.25) is 15.0 Å². The maximum atomic E-state index is 12.1. The zero-order chi connectivity index (χ0) is 14.6. The number of carboxylic acid groups (broad SMARTS) is 1. The van der Waals surface area contributed by atoms with Crippen LogP contribution in [0.5, 0.6) is 0 Å². The monoisotopic (exact) mass is 272 g/mol. The number of nitrogens with zero attached hydrogens (tertiary/aromatic N) is 1. The summed E-state index contributed by atoms with van der Waals surface area (Å²) >= 11 is 0. The molecule has 1 aliphatic heterocycles. The number of amides is 1. The number of hydrogen-bond donors (Lipinski definition) is 2. The summed E-state index contributed by atoms with van der Waals surface area (Å²) in [4.78, 5) is 24.9. The Morgan fingerprint density at radius 3 is 2.53 bits per heavy atom. The molecule has 1 fully saturated rings. The van der Waals surface area contributed by atoms with Crippen molar-refractivity contribution in [2.24, 2.45) is 5.92 Å². The molecule has 0 aliphatic carbocycles. The van der Waals surface area contributed by atoms with Gasteiger partial charge in [0, 0.05) is 6.54 Å². The molecule has 0 aromatic carbocycles. The van der Waals surface area contributed by atoms with Crippen molar-refractivity contribution in [2.75, 3.05) is 13.1 Å². The van der Waals surface area contributed by atoms with Gasteiger partial charge >= 0.3 is 12.1 Å². The Morgan fingerprint density at radius 2 is 2.05 bits per heavy atom. The molecule has 6 heteroatoms. The standard InChI is InChI=1S/C13H24N2O4/c1-5-14-10-9(11(16)17)7-6-8-15(10)12(18)19-13(2,3)4/h9-10,14H,5-8H2,1-4H3,(H,16,17). The van der Waals surface area contributed by atoms with Crippen LogP contribution in [0.3, 0.4) is 0 Å². The van der Waals surface area contributed by atoms with Gasteiger partial charge in [-0.25, -0.2) is 4.79 Å². The van der Waals surface area contributed by atoms with Gasteiger partial charge in [-0.1, -0.05) is 6.92 Å². The highest BCUT2D eigenvalue weighted by Gasteiger charge is 2.39. The summed E-state index contributed by atoms with van der Waals surface area (Å²) in [6.45, 7) is 8.41. The summed E-state index contributed by atoms with van der Waals surface area (Å²) in [6.07, 6.45) is 0.306. The van der Waals surface area contributed by atoms with Crippen molar-refractivity contribution in [1.82, 2.24) is 10.2 Å². The fourth-order valence-corrected chi connectivity index (χ4v) is 2.24. The van der Waals surface area contributed by atoms with Gasteiger partial charge in [0.1, 0.15) is 5.60 Å². The van der Waals surface area contributed by atoms with E-state index in [0.29, 0.717) is 25.9 Å². The summed E-state index contributed by atoms with van der Waals surface area (Å²) in [7, 11) is 0. The fourth-order valence-electron chi connectivity index (χ4n) is 2.24. The zero-order valence-corrected chi connectivity index (χ0v) is 12.1. The second kappa shape index (κ2) is 6.23. The van der Waals surface area contributed by atoms with Crippen LogP contribution < -0.4 is 5.32 Å². The highest BCUT2D eigenvalue weighted by atomic mass is 16.6. The van der Waals surface area contributed by atoms with Crippen LogP contribution in [0.1, 0.15) is 40.5 Å². The fraction of sp³-hybridized carbons (Fsp3) is 0.846. The molecule has 0 radical (unpaired) electrons.